The van der Waals surface area contributed by atoms with Crippen LogP contribution in [0.5, 0.6) is 5.75 Å². The minimum Gasteiger partial charge on any atom is -0.490 e. The number of fused-ring (bicyclic) bond motifs is 1. The first-order chi connectivity index (χ1) is 21.6. The van der Waals surface area contributed by atoms with Crippen LogP contribution in [-0.2, 0) is 24.1 Å². The maximum Gasteiger partial charge on any atom is 0.417 e. The molecule has 9 heteroatoms. The topological polar surface area (TPSA) is 54.7 Å². The quantitative estimate of drug-likeness (QED) is 0.141. The third-order valence-electron chi connectivity index (χ3n) is 7.88. The second-order valence-electron chi connectivity index (χ2n) is 11.1. The number of nitrogens with zero attached hydrogens (tertiary/aromatic N) is 2. The lowest BCUT2D eigenvalue weighted by atomic mass is 9.90. The van der Waals surface area contributed by atoms with Crippen molar-refractivity contribution in [3.05, 3.63) is 137 Å². The Morgan fingerprint density at radius 1 is 0.911 bits per heavy atom. The van der Waals surface area contributed by atoms with Crippen LogP contribution in [0.4, 0.5) is 13.2 Å². The second-order valence-corrected chi connectivity index (χ2v) is 11.5. The molecule has 5 rings (SSSR count). The van der Waals surface area contributed by atoms with E-state index in [1.54, 1.807) is 16.8 Å². The number of halogens is 4. The predicted molar refractivity (Wildman–Crippen MR) is 171 cm³/mol. The highest BCUT2D eigenvalue weighted by Crippen LogP contribution is 2.37. The molecular weight excluding hydrogens is 601 g/mol. The number of aromatic nitrogens is 1. The molecule has 0 aliphatic carbocycles. The molecule has 0 radical (unpaired) electrons. The number of aliphatic carboxylic acids is 1. The van der Waals surface area contributed by atoms with Crippen LogP contribution in [0.1, 0.15) is 41.5 Å². The van der Waals surface area contributed by atoms with Crippen LogP contribution in [-0.4, -0.2) is 39.7 Å². The first kappa shape index (κ1) is 32.1. The highest BCUT2D eigenvalue weighted by molar-refractivity contribution is 6.32. The van der Waals surface area contributed by atoms with Crippen molar-refractivity contribution in [3.8, 4) is 5.75 Å². The highest BCUT2D eigenvalue weighted by Gasteiger charge is 2.34. The van der Waals surface area contributed by atoms with Gasteiger partial charge in [-0.2, -0.15) is 13.2 Å². The molecule has 0 aliphatic rings. The Labute approximate surface area is 265 Å². The van der Waals surface area contributed by atoms with Gasteiger partial charge >= 0.3 is 12.1 Å². The van der Waals surface area contributed by atoms with Gasteiger partial charge < -0.3 is 14.4 Å². The molecule has 5 nitrogen and oxygen atoms in total. The molecule has 4 aromatic carbocycles. The average Bonchev–Trinajstić information content (AvgIpc) is 3.42. The van der Waals surface area contributed by atoms with E-state index in [0.29, 0.717) is 30.8 Å². The van der Waals surface area contributed by atoms with Gasteiger partial charge in [-0.15, -0.1) is 0 Å². The summed E-state index contributed by atoms with van der Waals surface area (Å²) >= 11 is 6.36. The fourth-order valence-electron chi connectivity index (χ4n) is 5.65. The zero-order valence-corrected chi connectivity index (χ0v) is 25.5. The lowest BCUT2D eigenvalue weighted by molar-refractivity contribution is -0.138. The number of ether oxygens (including phenoxy) is 1. The van der Waals surface area contributed by atoms with Gasteiger partial charge in [0.2, 0.25) is 0 Å². The molecule has 0 saturated heterocycles. The van der Waals surface area contributed by atoms with Crippen LogP contribution in [0.2, 0.25) is 5.02 Å². The van der Waals surface area contributed by atoms with E-state index in [4.69, 9.17) is 16.3 Å². The lowest BCUT2D eigenvalue weighted by Crippen LogP contribution is -2.32. The van der Waals surface area contributed by atoms with Crippen LogP contribution >= 0.6 is 11.6 Å². The van der Waals surface area contributed by atoms with Crippen molar-refractivity contribution in [1.82, 2.24) is 9.47 Å². The summed E-state index contributed by atoms with van der Waals surface area (Å²) in [5.74, 6) is -0.323. The van der Waals surface area contributed by atoms with E-state index in [2.05, 4.69) is 29.2 Å². The number of hydrogen-bond acceptors (Lipinski definition) is 3. The second kappa shape index (κ2) is 14.2. The molecule has 5 aromatic rings. The smallest absolute Gasteiger partial charge is 0.417 e. The third-order valence-corrected chi connectivity index (χ3v) is 8.33. The molecule has 234 valence electrons. The Morgan fingerprint density at radius 3 is 2.18 bits per heavy atom. The number of benzene rings is 4. The Kier molecular flexibility index (Phi) is 10.2. The van der Waals surface area contributed by atoms with E-state index in [0.717, 1.165) is 28.1 Å². The number of hydrogen-bond donors (Lipinski definition) is 1. The monoisotopic (exact) mass is 634 g/mol. The van der Waals surface area contributed by atoms with Crippen LogP contribution < -0.4 is 4.74 Å². The van der Waals surface area contributed by atoms with Crippen molar-refractivity contribution >= 4 is 28.5 Å². The van der Waals surface area contributed by atoms with E-state index in [1.807, 2.05) is 67.6 Å². The maximum absolute atomic E-state index is 13.7. The minimum atomic E-state index is -4.55. The molecule has 0 amide bonds. The van der Waals surface area contributed by atoms with Crippen molar-refractivity contribution < 1.29 is 27.8 Å². The van der Waals surface area contributed by atoms with Crippen molar-refractivity contribution in [2.24, 2.45) is 0 Å². The van der Waals surface area contributed by atoms with Crippen molar-refractivity contribution in [1.29, 1.82) is 0 Å². The number of alkyl halides is 3. The standard InChI is InChI=1S/C36H34ClF3N2O3/c1-25(45-33-17-9-16-32-29(33)19-21-42(32)24-34(43)44)18-20-41(22-28-14-8-15-31(35(28)37)36(38,39)40)23-30(26-10-4-2-5-11-26)27-12-6-3-7-13-27/h2-17,19,21,25,30H,18,20,22-24H2,1H3,(H,43,44)/t25-/m1/s1. The Bertz CT molecular complexity index is 1690. The van der Waals surface area contributed by atoms with Gasteiger partial charge in [0, 0.05) is 37.1 Å². The van der Waals surface area contributed by atoms with Gasteiger partial charge in [0.1, 0.15) is 12.3 Å². The maximum atomic E-state index is 13.7. The van der Waals surface area contributed by atoms with Crippen LogP contribution in [0.3, 0.4) is 0 Å². The summed E-state index contributed by atoms with van der Waals surface area (Å²) in [6, 6.07) is 31.5. The molecule has 1 aromatic heterocycles. The molecular formula is C36H34ClF3N2O3. The van der Waals surface area contributed by atoms with Gasteiger partial charge in [0.25, 0.3) is 0 Å². The largest absolute Gasteiger partial charge is 0.490 e. The van der Waals surface area contributed by atoms with Crippen molar-refractivity contribution in [3.63, 3.8) is 0 Å². The van der Waals surface area contributed by atoms with Crippen molar-refractivity contribution in [2.75, 3.05) is 13.1 Å². The van der Waals surface area contributed by atoms with Crippen LogP contribution in [0.15, 0.2) is 109 Å². The van der Waals surface area contributed by atoms with Gasteiger partial charge in [0.15, 0.2) is 0 Å². The minimum absolute atomic E-state index is 0.0315. The van der Waals surface area contributed by atoms with E-state index in [9.17, 15) is 23.1 Å². The molecule has 0 unspecified atom stereocenters. The number of carboxylic acid groups (broad SMARTS) is 1. The zero-order chi connectivity index (χ0) is 32.0. The van der Waals surface area contributed by atoms with E-state index in [1.165, 1.54) is 6.07 Å². The summed E-state index contributed by atoms with van der Waals surface area (Å²) in [7, 11) is 0. The van der Waals surface area contributed by atoms with Gasteiger partial charge in [-0.3, -0.25) is 9.69 Å². The summed E-state index contributed by atoms with van der Waals surface area (Å²) in [6.07, 6.45) is -2.49. The summed E-state index contributed by atoms with van der Waals surface area (Å²) in [5.41, 5.74) is 2.53. The first-order valence-electron chi connectivity index (χ1n) is 14.7. The van der Waals surface area contributed by atoms with Gasteiger partial charge in [-0.05, 0) is 54.3 Å². The summed E-state index contributed by atoms with van der Waals surface area (Å²) in [5, 5.41) is 9.77. The summed E-state index contributed by atoms with van der Waals surface area (Å²) < 4.78 is 49.1. The Morgan fingerprint density at radius 2 is 1.56 bits per heavy atom. The molecule has 1 N–H and O–H groups in total. The molecule has 0 spiro atoms. The molecule has 1 atom stereocenters. The molecule has 1 heterocycles. The zero-order valence-electron chi connectivity index (χ0n) is 24.8. The molecule has 0 fully saturated rings. The molecule has 0 aliphatic heterocycles. The summed E-state index contributed by atoms with van der Waals surface area (Å²) in [4.78, 5) is 13.4. The molecule has 45 heavy (non-hydrogen) atoms. The van der Waals surface area contributed by atoms with Crippen LogP contribution in [0.25, 0.3) is 10.9 Å². The SMILES string of the molecule is C[C@H](CCN(Cc1cccc(C(F)(F)F)c1Cl)CC(c1ccccc1)c1ccccc1)Oc1cccc2c1ccn2CC(=O)O. The van der Waals surface area contributed by atoms with Gasteiger partial charge in [0.05, 0.1) is 22.2 Å². The van der Waals surface area contributed by atoms with Gasteiger partial charge in [-0.1, -0.05) is 90.5 Å². The lowest BCUT2D eigenvalue weighted by Gasteiger charge is -2.30. The van der Waals surface area contributed by atoms with Gasteiger partial charge in [-0.25, -0.2) is 0 Å². The average molecular weight is 635 g/mol. The van der Waals surface area contributed by atoms with E-state index >= 15 is 0 Å². The van der Waals surface area contributed by atoms with E-state index in [-0.39, 0.29) is 30.1 Å². The number of carbonyl (C=O) groups is 1. The normalized spacial score (nSPS) is 12.6. The number of carboxylic acids is 1. The number of rotatable bonds is 13. The fourth-order valence-corrected chi connectivity index (χ4v) is 5.94. The predicted octanol–water partition coefficient (Wildman–Crippen LogP) is 8.89. The van der Waals surface area contributed by atoms with E-state index < -0.39 is 17.7 Å². The Hall–Kier alpha value is -4.27. The Balaban J connectivity index is 1.40. The highest BCUT2D eigenvalue weighted by atomic mass is 35.5. The van der Waals surface area contributed by atoms with Crippen LogP contribution in [0, 0.1) is 0 Å². The molecule has 0 bridgehead atoms. The third kappa shape index (κ3) is 8.07. The summed E-state index contributed by atoms with van der Waals surface area (Å²) in [6.45, 7) is 3.09. The van der Waals surface area contributed by atoms with Crippen molar-refractivity contribution in [2.45, 2.75) is 44.6 Å². The fraction of sp³-hybridized carbons (Fsp3) is 0.250. The molecule has 0 saturated carbocycles. The first-order valence-corrected chi connectivity index (χ1v) is 15.1.